The van der Waals surface area contributed by atoms with Gasteiger partial charge in [-0.25, -0.2) is 4.68 Å². The maximum absolute atomic E-state index is 11.0. The summed E-state index contributed by atoms with van der Waals surface area (Å²) in [5.41, 5.74) is 1.10. The quantitative estimate of drug-likeness (QED) is 0.830. The van der Waals surface area contributed by atoms with Crippen molar-refractivity contribution in [2.75, 3.05) is 0 Å². The van der Waals surface area contributed by atoms with Gasteiger partial charge in [0.15, 0.2) is 5.82 Å². The lowest BCUT2D eigenvalue weighted by Crippen LogP contribution is -2.22. The number of aromatic nitrogens is 5. The van der Waals surface area contributed by atoms with E-state index in [2.05, 4.69) is 20.5 Å². The number of carboxylic acid groups (broad SMARTS) is 1. The van der Waals surface area contributed by atoms with Gasteiger partial charge in [-0.2, -0.15) is 0 Å². The van der Waals surface area contributed by atoms with Gasteiger partial charge in [-0.15, -0.1) is 5.10 Å². The van der Waals surface area contributed by atoms with Crippen molar-refractivity contribution in [1.82, 2.24) is 25.2 Å². The first kappa shape index (κ1) is 15.1. The Morgan fingerprint density at radius 3 is 2.81 bits per heavy atom. The molecule has 2 aromatic rings. The van der Waals surface area contributed by atoms with Crippen LogP contribution in [0, 0.1) is 5.92 Å². The monoisotopic (exact) mass is 289 g/mol. The maximum Gasteiger partial charge on any atom is 0.305 e. The molecule has 0 fully saturated rings. The molecule has 7 heteroatoms. The minimum absolute atomic E-state index is 0.0165. The summed E-state index contributed by atoms with van der Waals surface area (Å²) in [6.07, 6.45) is 4.98. The van der Waals surface area contributed by atoms with Crippen molar-refractivity contribution < 1.29 is 9.90 Å². The number of aliphatic carboxylic acids is 1. The molecule has 1 unspecified atom stereocenters. The fourth-order valence-electron chi connectivity index (χ4n) is 2.22. The van der Waals surface area contributed by atoms with E-state index in [4.69, 9.17) is 5.11 Å². The van der Waals surface area contributed by atoms with Crippen LogP contribution in [0.1, 0.15) is 37.7 Å². The molecule has 2 aromatic heterocycles. The third-order valence-electron chi connectivity index (χ3n) is 3.39. The fourth-order valence-corrected chi connectivity index (χ4v) is 2.22. The van der Waals surface area contributed by atoms with E-state index in [-0.39, 0.29) is 18.4 Å². The van der Waals surface area contributed by atoms with E-state index in [9.17, 15) is 4.79 Å². The van der Waals surface area contributed by atoms with Crippen LogP contribution < -0.4 is 0 Å². The standard InChI is InChI=1S/C14H19N5O2/c1-10(2)12(8-14(20)21)19-13(16-17-18-19)6-5-11-4-3-7-15-9-11/h3-4,7,9-10,12H,5-6,8H2,1-2H3,(H,20,21). The van der Waals surface area contributed by atoms with Gasteiger partial charge < -0.3 is 5.11 Å². The third kappa shape index (κ3) is 4.08. The summed E-state index contributed by atoms with van der Waals surface area (Å²) in [7, 11) is 0. The molecule has 0 bridgehead atoms. The molecule has 0 saturated carbocycles. The van der Waals surface area contributed by atoms with E-state index < -0.39 is 5.97 Å². The molecule has 0 spiro atoms. The van der Waals surface area contributed by atoms with Crippen molar-refractivity contribution in [2.24, 2.45) is 5.92 Å². The number of hydrogen-bond donors (Lipinski definition) is 1. The van der Waals surface area contributed by atoms with E-state index >= 15 is 0 Å². The number of nitrogens with zero attached hydrogens (tertiary/aromatic N) is 5. The zero-order valence-electron chi connectivity index (χ0n) is 12.2. The summed E-state index contributed by atoms with van der Waals surface area (Å²) < 4.78 is 1.65. The molecule has 0 radical (unpaired) electrons. The van der Waals surface area contributed by atoms with Gasteiger partial charge in [0.05, 0.1) is 12.5 Å². The Hall–Kier alpha value is -2.31. The number of carboxylic acids is 1. The molecular weight excluding hydrogens is 270 g/mol. The minimum Gasteiger partial charge on any atom is -0.481 e. The Balaban J connectivity index is 2.11. The molecule has 7 nitrogen and oxygen atoms in total. The van der Waals surface area contributed by atoms with Gasteiger partial charge in [0.1, 0.15) is 0 Å². The summed E-state index contributed by atoms with van der Waals surface area (Å²) in [5, 5.41) is 20.7. The molecule has 0 aliphatic rings. The van der Waals surface area contributed by atoms with Gasteiger partial charge in [0, 0.05) is 18.8 Å². The van der Waals surface area contributed by atoms with Gasteiger partial charge in [0.25, 0.3) is 0 Å². The second kappa shape index (κ2) is 6.92. The highest BCUT2D eigenvalue weighted by molar-refractivity contribution is 5.67. The van der Waals surface area contributed by atoms with Gasteiger partial charge in [0.2, 0.25) is 0 Å². The highest BCUT2D eigenvalue weighted by atomic mass is 16.4. The van der Waals surface area contributed by atoms with Crippen molar-refractivity contribution in [3.05, 3.63) is 35.9 Å². The predicted octanol–water partition coefficient (Wildman–Crippen LogP) is 1.53. The molecule has 0 aromatic carbocycles. The lowest BCUT2D eigenvalue weighted by Gasteiger charge is -2.20. The molecule has 0 saturated heterocycles. The summed E-state index contributed by atoms with van der Waals surface area (Å²) in [6, 6.07) is 3.65. The maximum atomic E-state index is 11.0. The molecule has 21 heavy (non-hydrogen) atoms. The molecule has 2 heterocycles. The zero-order chi connectivity index (χ0) is 15.2. The second-order valence-electron chi connectivity index (χ2n) is 5.31. The lowest BCUT2D eigenvalue weighted by molar-refractivity contribution is -0.138. The molecule has 1 N–H and O–H groups in total. The number of pyridine rings is 1. The Bertz CT molecular complexity index is 582. The van der Waals surface area contributed by atoms with Crippen LogP contribution in [-0.2, 0) is 17.6 Å². The van der Waals surface area contributed by atoms with E-state index in [1.165, 1.54) is 0 Å². The predicted molar refractivity (Wildman–Crippen MR) is 75.6 cm³/mol. The lowest BCUT2D eigenvalue weighted by atomic mass is 10.0. The van der Waals surface area contributed by atoms with Crippen LogP contribution in [-0.4, -0.2) is 36.3 Å². The fraction of sp³-hybridized carbons (Fsp3) is 0.500. The first-order valence-corrected chi connectivity index (χ1v) is 6.95. The van der Waals surface area contributed by atoms with Crippen LogP contribution in [0.4, 0.5) is 0 Å². The summed E-state index contributed by atoms with van der Waals surface area (Å²) in [4.78, 5) is 15.1. The van der Waals surface area contributed by atoms with Crippen LogP contribution in [0.15, 0.2) is 24.5 Å². The number of tetrazole rings is 1. The first-order valence-electron chi connectivity index (χ1n) is 6.95. The molecule has 1 atom stereocenters. The van der Waals surface area contributed by atoms with Crippen LogP contribution in [0.2, 0.25) is 0 Å². The van der Waals surface area contributed by atoms with Crippen LogP contribution in [0.3, 0.4) is 0 Å². The number of hydrogen-bond acceptors (Lipinski definition) is 5. The Morgan fingerprint density at radius 1 is 1.38 bits per heavy atom. The highest BCUT2D eigenvalue weighted by Gasteiger charge is 2.23. The van der Waals surface area contributed by atoms with E-state index in [0.717, 1.165) is 12.0 Å². The largest absolute Gasteiger partial charge is 0.481 e. The Morgan fingerprint density at radius 2 is 2.19 bits per heavy atom. The summed E-state index contributed by atoms with van der Waals surface area (Å²) in [6.45, 7) is 3.94. The van der Waals surface area contributed by atoms with E-state index in [1.807, 2.05) is 32.2 Å². The van der Waals surface area contributed by atoms with Gasteiger partial charge in [-0.3, -0.25) is 9.78 Å². The van der Waals surface area contributed by atoms with Gasteiger partial charge in [-0.05, 0) is 34.4 Å². The Labute approximate surface area is 123 Å². The normalized spacial score (nSPS) is 12.5. The first-order chi connectivity index (χ1) is 10.1. The van der Waals surface area contributed by atoms with Gasteiger partial charge in [-0.1, -0.05) is 19.9 Å². The minimum atomic E-state index is -0.845. The average Bonchev–Trinajstić information content (AvgIpc) is 2.91. The van der Waals surface area contributed by atoms with Crippen molar-refractivity contribution in [3.8, 4) is 0 Å². The van der Waals surface area contributed by atoms with Crippen LogP contribution in [0.25, 0.3) is 0 Å². The van der Waals surface area contributed by atoms with Gasteiger partial charge >= 0.3 is 5.97 Å². The molecule has 0 aliphatic carbocycles. The molecule has 2 rings (SSSR count). The van der Waals surface area contributed by atoms with Crippen molar-refractivity contribution in [3.63, 3.8) is 0 Å². The smallest absolute Gasteiger partial charge is 0.305 e. The summed E-state index contributed by atoms with van der Waals surface area (Å²) in [5.74, 6) is 0.00274. The average molecular weight is 289 g/mol. The highest BCUT2D eigenvalue weighted by Crippen LogP contribution is 2.22. The third-order valence-corrected chi connectivity index (χ3v) is 3.39. The summed E-state index contributed by atoms with van der Waals surface area (Å²) >= 11 is 0. The number of rotatable bonds is 7. The molecular formula is C14H19N5O2. The second-order valence-corrected chi connectivity index (χ2v) is 5.31. The topological polar surface area (TPSA) is 93.8 Å². The molecule has 112 valence electrons. The molecule has 0 aliphatic heterocycles. The van der Waals surface area contributed by atoms with Crippen molar-refractivity contribution in [1.29, 1.82) is 0 Å². The van der Waals surface area contributed by atoms with E-state index in [1.54, 1.807) is 10.9 Å². The zero-order valence-corrected chi connectivity index (χ0v) is 12.2. The molecule has 0 amide bonds. The SMILES string of the molecule is CC(C)C(CC(=O)O)n1nnnc1CCc1cccnc1. The number of carbonyl (C=O) groups is 1. The number of aryl methyl sites for hydroxylation is 2. The van der Waals surface area contributed by atoms with Crippen LogP contribution in [0.5, 0.6) is 0 Å². The van der Waals surface area contributed by atoms with E-state index in [0.29, 0.717) is 12.2 Å². The van der Waals surface area contributed by atoms with Crippen molar-refractivity contribution >= 4 is 5.97 Å². The van der Waals surface area contributed by atoms with Crippen LogP contribution >= 0.6 is 0 Å². The van der Waals surface area contributed by atoms with Crippen molar-refractivity contribution in [2.45, 2.75) is 39.2 Å². The Kier molecular flexibility index (Phi) is 4.97.